The molecule has 0 amide bonds. The fourth-order valence-corrected chi connectivity index (χ4v) is 4.45. The quantitative estimate of drug-likeness (QED) is 0.265. The third kappa shape index (κ3) is 5.42. The maximum atomic E-state index is 12.6. The average Bonchev–Trinajstić information content (AvgIpc) is 2.80. The molecule has 0 saturated carbocycles. The van der Waals surface area contributed by atoms with Gasteiger partial charge in [0.25, 0.3) is 10.2 Å². The predicted octanol–water partition coefficient (Wildman–Crippen LogP) is -3.04. The van der Waals surface area contributed by atoms with Gasteiger partial charge in [-0.15, -0.1) is 0 Å². The van der Waals surface area contributed by atoms with Gasteiger partial charge < -0.3 is 27.2 Å². The van der Waals surface area contributed by atoms with Crippen molar-refractivity contribution >= 4 is 17.3 Å². The molecule has 0 spiro atoms. The zero-order chi connectivity index (χ0) is 16.8. The lowest BCUT2D eigenvalue weighted by molar-refractivity contribution is 0.359. The number of hydrogen-bond donors (Lipinski definition) is 5. The second kappa shape index (κ2) is 9.13. The first-order valence-electron chi connectivity index (χ1n) is 7.60. The molecule has 0 unspecified atom stereocenters. The van der Waals surface area contributed by atoms with E-state index in [0.29, 0.717) is 19.4 Å². The molecule has 1 saturated heterocycles. The molecule has 1 aliphatic heterocycles. The monoisotopic (exact) mass is 337 g/mol. The van der Waals surface area contributed by atoms with Crippen LogP contribution in [-0.2, 0) is 10.2 Å². The van der Waals surface area contributed by atoms with Crippen molar-refractivity contribution in [2.45, 2.75) is 25.2 Å². The molecule has 8 N–H and O–H groups in total. The number of nitrogens with two attached hydrogens (primary N) is 3. The van der Waals surface area contributed by atoms with Crippen molar-refractivity contribution < 1.29 is 18.5 Å². The van der Waals surface area contributed by atoms with Gasteiger partial charge in [-0.3, -0.25) is 0 Å². The van der Waals surface area contributed by atoms with Gasteiger partial charge in [-0.05, 0) is 18.7 Å². The van der Waals surface area contributed by atoms with Crippen molar-refractivity contribution in [2.24, 2.45) is 23.1 Å². The molecule has 11 heteroatoms. The number of hydrogen-bond acceptors (Lipinski definition) is 7. The summed E-state index contributed by atoms with van der Waals surface area (Å²) in [7, 11) is -4.94. The Morgan fingerprint density at radius 3 is 2.27 bits per heavy atom. The standard InChI is InChI=1S/C11H28BN5O4S/c13-4-6-16(7-5-14)22(20,21)17-8-10(11(15)9-17)2-1-3-12(18)19/h10-11,18-19H,1-9,13-15H2/t10-,11-/m0/s1. The average molecular weight is 337 g/mol. The molecule has 1 aliphatic rings. The number of nitrogens with zero attached hydrogens (tertiary/aromatic N) is 2. The van der Waals surface area contributed by atoms with Gasteiger partial charge in [0.05, 0.1) is 0 Å². The van der Waals surface area contributed by atoms with Gasteiger partial charge in [0.1, 0.15) is 0 Å². The van der Waals surface area contributed by atoms with Crippen LogP contribution in [0, 0.1) is 5.92 Å². The molecule has 0 bridgehead atoms. The molecule has 22 heavy (non-hydrogen) atoms. The van der Waals surface area contributed by atoms with Crippen LogP contribution in [-0.4, -0.2) is 79.5 Å². The minimum Gasteiger partial charge on any atom is -0.427 e. The van der Waals surface area contributed by atoms with Crippen molar-refractivity contribution in [3.05, 3.63) is 0 Å². The molecule has 0 aliphatic carbocycles. The summed E-state index contributed by atoms with van der Waals surface area (Å²) in [5.41, 5.74) is 17.0. The molecule has 2 atom stereocenters. The largest absolute Gasteiger partial charge is 0.451 e. The van der Waals surface area contributed by atoms with Gasteiger partial charge in [-0.1, -0.05) is 6.42 Å². The lowest BCUT2D eigenvalue weighted by Gasteiger charge is -2.26. The van der Waals surface area contributed by atoms with E-state index < -0.39 is 17.3 Å². The first kappa shape index (κ1) is 19.8. The molecule has 130 valence electrons. The van der Waals surface area contributed by atoms with E-state index in [1.807, 2.05) is 0 Å². The van der Waals surface area contributed by atoms with E-state index in [9.17, 15) is 8.42 Å². The van der Waals surface area contributed by atoms with Crippen molar-refractivity contribution in [3.8, 4) is 0 Å². The summed E-state index contributed by atoms with van der Waals surface area (Å²) in [6.45, 7) is 1.53. The van der Waals surface area contributed by atoms with Crippen molar-refractivity contribution in [1.82, 2.24) is 8.61 Å². The van der Waals surface area contributed by atoms with Gasteiger partial charge in [0.2, 0.25) is 0 Å². The molecular weight excluding hydrogens is 309 g/mol. The summed E-state index contributed by atoms with van der Waals surface area (Å²) in [5.74, 6) is 0.0196. The lowest BCUT2D eigenvalue weighted by Crippen LogP contribution is -2.47. The van der Waals surface area contributed by atoms with E-state index in [-0.39, 0.29) is 51.0 Å². The van der Waals surface area contributed by atoms with E-state index in [2.05, 4.69) is 0 Å². The normalized spacial score (nSPS) is 23.4. The molecule has 0 aromatic carbocycles. The summed E-state index contributed by atoms with van der Waals surface area (Å²) in [6, 6.07) is -0.247. The summed E-state index contributed by atoms with van der Waals surface area (Å²) in [5, 5.41) is 17.7. The van der Waals surface area contributed by atoms with Crippen LogP contribution in [0.3, 0.4) is 0 Å². The van der Waals surface area contributed by atoms with Crippen LogP contribution >= 0.6 is 0 Å². The van der Waals surface area contributed by atoms with E-state index in [0.717, 1.165) is 0 Å². The molecule has 9 nitrogen and oxygen atoms in total. The third-order valence-corrected chi connectivity index (χ3v) is 5.87. The van der Waals surface area contributed by atoms with Gasteiger partial charge >= 0.3 is 7.12 Å². The van der Waals surface area contributed by atoms with Crippen LogP contribution in [0.25, 0.3) is 0 Å². The second-order valence-electron chi connectivity index (χ2n) is 5.64. The van der Waals surface area contributed by atoms with E-state index >= 15 is 0 Å². The van der Waals surface area contributed by atoms with E-state index in [4.69, 9.17) is 27.2 Å². The Bertz CT molecular complexity index is 419. The van der Waals surface area contributed by atoms with Crippen LogP contribution in [0.15, 0.2) is 0 Å². The Balaban J connectivity index is 2.64. The molecular formula is C11H28BN5O4S. The third-order valence-electron chi connectivity index (χ3n) is 3.90. The highest BCUT2D eigenvalue weighted by Gasteiger charge is 2.39. The Morgan fingerprint density at radius 2 is 1.77 bits per heavy atom. The lowest BCUT2D eigenvalue weighted by atomic mass is 9.82. The molecule has 1 heterocycles. The molecule has 0 aromatic heterocycles. The highest BCUT2D eigenvalue weighted by atomic mass is 32.2. The fraction of sp³-hybridized carbons (Fsp3) is 1.00. The van der Waals surface area contributed by atoms with E-state index in [1.165, 1.54) is 8.61 Å². The van der Waals surface area contributed by atoms with Crippen molar-refractivity contribution in [2.75, 3.05) is 39.3 Å². The highest BCUT2D eigenvalue weighted by molar-refractivity contribution is 7.86. The molecule has 1 fully saturated rings. The smallest absolute Gasteiger partial charge is 0.427 e. The summed E-state index contributed by atoms with van der Waals surface area (Å²) in [4.78, 5) is 0. The first-order chi connectivity index (χ1) is 10.3. The van der Waals surface area contributed by atoms with Crippen LogP contribution in [0.4, 0.5) is 0 Å². The first-order valence-corrected chi connectivity index (χ1v) is 8.99. The Hall–Kier alpha value is -0.265. The van der Waals surface area contributed by atoms with Gasteiger partial charge in [0.15, 0.2) is 0 Å². The minimum atomic E-state index is -3.60. The Morgan fingerprint density at radius 1 is 1.18 bits per heavy atom. The maximum Gasteiger partial charge on any atom is 0.451 e. The zero-order valence-corrected chi connectivity index (χ0v) is 13.7. The Labute approximate surface area is 132 Å². The van der Waals surface area contributed by atoms with Crippen LogP contribution < -0.4 is 17.2 Å². The van der Waals surface area contributed by atoms with E-state index in [1.54, 1.807) is 0 Å². The zero-order valence-electron chi connectivity index (χ0n) is 12.8. The van der Waals surface area contributed by atoms with Gasteiger partial charge in [-0.2, -0.15) is 17.0 Å². The minimum absolute atomic E-state index is 0.0196. The molecule has 1 rings (SSSR count). The van der Waals surface area contributed by atoms with Crippen LogP contribution in [0.2, 0.25) is 6.32 Å². The van der Waals surface area contributed by atoms with Crippen LogP contribution in [0.5, 0.6) is 0 Å². The predicted molar refractivity (Wildman–Crippen MR) is 85.9 cm³/mol. The summed E-state index contributed by atoms with van der Waals surface area (Å²) < 4.78 is 27.9. The fourth-order valence-electron chi connectivity index (χ4n) is 2.71. The highest BCUT2D eigenvalue weighted by Crippen LogP contribution is 2.25. The summed E-state index contributed by atoms with van der Waals surface area (Å²) >= 11 is 0. The topological polar surface area (TPSA) is 159 Å². The maximum absolute atomic E-state index is 12.6. The molecule has 0 radical (unpaired) electrons. The molecule has 0 aromatic rings. The summed E-state index contributed by atoms with van der Waals surface area (Å²) in [6.07, 6.45) is 1.53. The van der Waals surface area contributed by atoms with Gasteiger partial charge in [0, 0.05) is 45.3 Å². The van der Waals surface area contributed by atoms with Crippen molar-refractivity contribution in [3.63, 3.8) is 0 Å². The van der Waals surface area contributed by atoms with Crippen molar-refractivity contribution in [1.29, 1.82) is 0 Å². The SMILES string of the molecule is NCCN(CCN)S(=O)(=O)N1C[C@H](CCCB(O)O)[C@@H](N)C1. The number of rotatable bonds is 10. The van der Waals surface area contributed by atoms with Gasteiger partial charge in [-0.25, -0.2) is 0 Å². The second-order valence-corrected chi connectivity index (χ2v) is 7.57. The Kier molecular flexibility index (Phi) is 8.21. The van der Waals surface area contributed by atoms with Crippen LogP contribution in [0.1, 0.15) is 12.8 Å².